The molecule has 0 aromatic heterocycles. The molecule has 0 amide bonds. The Morgan fingerprint density at radius 1 is 1.05 bits per heavy atom. The highest BCUT2D eigenvalue weighted by molar-refractivity contribution is 6.14. The molecule has 4 heteroatoms. The van der Waals surface area contributed by atoms with Gasteiger partial charge in [0.25, 0.3) is 0 Å². The first-order valence-electron chi connectivity index (χ1n) is 7.42. The van der Waals surface area contributed by atoms with Gasteiger partial charge in [0.1, 0.15) is 5.78 Å². The molecule has 0 fully saturated rings. The van der Waals surface area contributed by atoms with Gasteiger partial charge >= 0.3 is 5.97 Å². The van der Waals surface area contributed by atoms with Crippen molar-refractivity contribution in [1.82, 2.24) is 0 Å². The van der Waals surface area contributed by atoms with Crippen LogP contribution >= 0.6 is 0 Å². The van der Waals surface area contributed by atoms with E-state index in [1.165, 1.54) is 12.1 Å². The maximum absolute atomic E-state index is 12.6. The van der Waals surface area contributed by atoms with E-state index in [9.17, 15) is 14.4 Å². The lowest BCUT2D eigenvalue weighted by Crippen LogP contribution is -2.25. The quantitative estimate of drug-likeness (QED) is 0.555. The molecule has 1 N–H and O–H groups in total. The van der Waals surface area contributed by atoms with Crippen LogP contribution in [0.1, 0.15) is 66.7 Å². The number of carbonyl (C=O) groups is 3. The SMILES string of the molecule is CCCCC(=O)C(CCC)C(=O)c1ccccc1C(=O)O. The molecule has 0 saturated heterocycles. The standard InChI is InChI=1S/C17H22O4/c1-3-5-11-15(18)14(8-4-2)16(19)12-9-6-7-10-13(12)17(20)21/h6-7,9-10,14H,3-5,8,11H2,1-2H3,(H,20,21). The van der Waals surface area contributed by atoms with Gasteiger partial charge in [-0.1, -0.05) is 44.9 Å². The molecule has 0 radical (unpaired) electrons. The molecule has 21 heavy (non-hydrogen) atoms. The smallest absolute Gasteiger partial charge is 0.336 e. The topological polar surface area (TPSA) is 71.4 Å². The highest BCUT2D eigenvalue weighted by Crippen LogP contribution is 2.21. The number of ketones is 2. The van der Waals surface area contributed by atoms with Crippen molar-refractivity contribution in [2.75, 3.05) is 0 Å². The van der Waals surface area contributed by atoms with E-state index in [4.69, 9.17) is 5.11 Å². The zero-order chi connectivity index (χ0) is 15.8. The lowest BCUT2D eigenvalue weighted by Gasteiger charge is -2.15. The Hall–Kier alpha value is -1.97. The molecule has 1 atom stereocenters. The second-order valence-corrected chi connectivity index (χ2v) is 5.13. The van der Waals surface area contributed by atoms with Gasteiger partial charge < -0.3 is 5.11 Å². The zero-order valence-electron chi connectivity index (χ0n) is 12.6. The monoisotopic (exact) mass is 290 g/mol. The van der Waals surface area contributed by atoms with E-state index < -0.39 is 11.9 Å². The van der Waals surface area contributed by atoms with Gasteiger partial charge in [-0.15, -0.1) is 0 Å². The van der Waals surface area contributed by atoms with E-state index in [2.05, 4.69) is 0 Å². The summed E-state index contributed by atoms with van der Waals surface area (Å²) in [5, 5.41) is 9.17. The number of carbonyl (C=O) groups excluding carboxylic acids is 2. The van der Waals surface area contributed by atoms with Crippen molar-refractivity contribution < 1.29 is 19.5 Å². The summed E-state index contributed by atoms with van der Waals surface area (Å²) >= 11 is 0. The highest BCUT2D eigenvalue weighted by atomic mass is 16.4. The van der Waals surface area contributed by atoms with Crippen molar-refractivity contribution in [3.05, 3.63) is 35.4 Å². The lowest BCUT2D eigenvalue weighted by atomic mass is 9.86. The maximum atomic E-state index is 12.6. The number of hydrogen-bond donors (Lipinski definition) is 1. The van der Waals surface area contributed by atoms with Crippen molar-refractivity contribution >= 4 is 17.5 Å². The third kappa shape index (κ3) is 4.52. The van der Waals surface area contributed by atoms with Crippen LogP contribution in [0.15, 0.2) is 24.3 Å². The second-order valence-electron chi connectivity index (χ2n) is 5.13. The summed E-state index contributed by atoms with van der Waals surface area (Å²) in [6.07, 6.45) is 3.21. The van der Waals surface area contributed by atoms with Crippen LogP contribution in [0.5, 0.6) is 0 Å². The van der Waals surface area contributed by atoms with E-state index in [-0.39, 0.29) is 22.7 Å². The highest BCUT2D eigenvalue weighted by Gasteiger charge is 2.28. The predicted octanol–water partition coefficient (Wildman–Crippen LogP) is 3.74. The number of carboxylic acids is 1. The molecule has 1 aromatic carbocycles. The number of benzene rings is 1. The molecule has 0 aliphatic carbocycles. The Balaban J connectivity index is 3.06. The van der Waals surface area contributed by atoms with Crippen molar-refractivity contribution in [2.24, 2.45) is 5.92 Å². The van der Waals surface area contributed by atoms with Crippen LogP contribution in [0.25, 0.3) is 0 Å². The van der Waals surface area contributed by atoms with Crippen molar-refractivity contribution in [2.45, 2.75) is 46.0 Å². The van der Waals surface area contributed by atoms with E-state index in [0.29, 0.717) is 19.3 Å². The summed E-state index contributed by atoms with van der Waals surface area (Å²) < 4.78 is 0. The van der Waals surface area contributed by atoms with Crippen LogP contribution in [0, 0.1) is 5.92 Å². The number of hydrogen-bond acceptors (Lipinski definition) is 3. The Labute approximate surface area is 125 Å². The molecule has 0 aliphatic rings. The molecule has 1 unspecified atom stereocenters. The average Bonchev–Trinajstić information content (AvgIpc) is 2.49. The molecular weight excluding hydrogens is 268 g/mol. The van der Waals surface area contributed by atoms with Crippen LogP contribution in [-0.4, -0.2) is 22.6 Å². The van der Waals surface area contributed by atoms with E-state index >= 15 is 0 Å². The first kappa shape index (κ1) is 17.1. The molecule has 114 valence electrons. The number of aromatic carboxylic acids is 1. The summed E-state index contributed by atoms with van der Waals surface area (Å²) in [7, 11) is 0. The van der Waals surface area contributed by atoms with Crippen LogP contribution in [0.4, 0.5) is 0 Å². The summed E-state index contributed by atoms with van der Waals surface area (Å²) in [6, 6.07) is 6.09. The lowest BCUT2D eigenvalue weighted by molar-refractivity contribution is -0.121. The van der Waals surface area contributed by atoms with Gasteiger partial charge in [0, 0.05) is 12.0 Å². The van der Waals surface area contributed by atoms with E-state index in [1.807, 2.05) is 13.8 Å². The summed E-state index contributed by atoms with van der Waals surface area (Å²) in [5.41, 5.74) is 0.0974. The van der Waals surface area contributed by atoms with Crippen molar-refractivity contribution in [1.29, 1.82) is 0 Å². The van der Waals surface area contributed by atoms with Crippen LogP contribution in [0.2, 0.25) is 0 Å². The van der Waals surface area contributed by atoms with Gasteiger partial charge in [-0.25, -0.2) is 4.79 Å². The van der Waals surface area contributed by atoms with Gasteiger partial charge in [-0.3, -0.25) is 9.59 Å². The largest absolute Gasteiger partial charge is 0.478 e. The third-order valence-electron chi connectivity index (χ3n) is 3.48. The summed E-state index contributed by atoms with van der Waals surface area (Å²) in [5.74, 6) is -2.31. The molecule has 0 aliphatic heterocycles. The first-order chi connectivity index (χ1) is 10.0. The number of Topliss-reactive ketones (excluding diaryl/α,β-unsaturated/α-hetero) is 2. The maximum Gasteiger partial charge on any atom is 0.336 e. The number of rotatable bonds is 9. The van der Waals surface area contributed by atoms with E-state index in [1.54, 1.807) is 12.1 Å². The summed E-state index contributed by atoms with van der Waals surface area (Å²) in [6.45, 7) is 3.90. The second kappa shape index (κ2) is 8.35. The fourth-order valence-corrected chi connectivity index (χ4v) is 2.32. The molecule has 4 nitrogen and oxygen atoms in total. The minimum absolute atomic E-state index is 0.0353. The molecule has 0 saturated carbocycles. The fraction of sp³-hybridized carbons (Fsp3) is 0.471. The zero-order valence-corrected chi connectivity index (χ0v) is 12.6. The minimum atomic E-state index is -1.14. The Bertz CT molecular complexity index is 519. The minimum Gasteiger partial charge on any atom is -0.478 e. The fourth-order valence-electron chi connectivity index (χ4n) is 2.32. The number of carboxylic acid groups (broad SMARTS) is 1. The predicted molar refractivity (Wildman–Crippen MR) is 80.7 cm³/mol. The molecule has 0 heterocycles. The molecule has 0 bridgehead atoms. The van der Waals surface area contributed by atoms with Crippen molar-refractivity contribution in [3.63, 3.8) is 0 Å². The van der Waals surface area contributed by atoms with Gasteiger partial charge in [-0.05, 0) is 18.9 Å². The van der Waals surface area contributed by atoms with E-state index in [0.717, 1.165) is 12.8 Å². The van der Waals surface area contributed by atoms with Gasteiger partial charge in [0.15, 0.2) is 5.78 Å². The van der Waals surface area contributed by atoms with Crippen LogP contribution in [-0.2, 0) is 4.79 Å². The Morgan fingerprint density at radius 3 is 2.19 bits per heavy atom. The average molecular weight is 290 g/mol. The van der Waals surface area contributed by atoms with Gasteiger partial charge in [-0.2, -0.15) is 0 Å². The van der Waals surface area contributed by atoms with Gasteiger partial charge in [0.05, 0.1) is 11.5 Å². The van der Waals surface area contributed by atoms with Crippen molar-refractivity contribution in [3.8, 4) is 0 Å². The third-order valence-corrected chi connectivity index (χ3v) is 3.48. The molecule has 0 spiro atoms. The molecular formula is C17H22O4. The first-order valence-corrected chi connectivity index (χ1v) is 7.42. The van der Waals surface area contributed by atoms with Crippen LogP contribution < -0.4 is 0 Å². The molecule has 1 rings (SSSR count). The van der Waals surface area contributed by atoms with Gasteiger partial charge in [0.2, 0.25) is 0 Å². The molecule has 1 aromatic rings. The Kier molecular flexibility index (Phi) is 6.79. The number of unbranched alkanes of at least 4 members (excludes halogenated alkanes) is 1. The van der Waals surface area contributed by atoms with Crippen LogP contribution in [0.3, 0.4) is 0 Å². The normalized spacial score (nSPS) is 11.9. The Morgan fingerprint density at radius 2 is 1.67 bits per heavy atom. The summed E-state index contributed by atoms with van der Waals surface area (Å²) in [4.78, 5) is 36.0.